The van der Waals surface area contributed by atoms with E-state index in [0.29, 0.717) is 12.0 Å². The number of methoxy groups -OCH3 is 1. The van der Waals surface area contributed by atoms with Gasteiger partial charge in [0.1, 0.15) is 11.8 Å². The summed E-state index contributed by atoms with van der Waals surface area (Å²) < 4.78 is 5.34. The lowest BCUT2D eigenvalue weighted by atomic mass is 9.92. The topological polar surface area (TPSA) is 117 Å². The highest BCUT2D eigenvalue weighted by atomic mass is 16.5. The number of ether oxygens (including phenoxy) is 1. The van der Waals surface area contributed by atoms with Gasteiger partial charge in [-0.3, -0.25) is 19.6 Å². The number of carbonyl (C=O) groups excluding carboxylic acids is 3. The summed E-state index contributed by atoms with van der Waals surface area (Å²) in [5.41, 5.74) is 6.57. The Balaban J connectivity index is 1.58. The number of carbonyl (C=O) groups is 3. The average Bonchev–Trinajstić information content (AvgIpc) is 3.37. The Kier molecular flexibility index (Phi) is 9.56. The van der Waals surface area contributed by atoms with E-state index in [4.69, 9.17) is 9.94 Å². The van der Waals surface area contributed by atoms with Gasteiger partial charge in [0, 0.05) is 18.4 Å². The summed E-state index contributed by atoms with van der Waals surface area (Å²) >= 11 is 0. The van der Waals surface area contributed by atoms with Crippen LogP contribution in [0, 0.1) is 11.8 Å². The van der Waals surface area contributed by atoms with Gasteiger partial charge >= 0.3 is 0 Å². The molecule has 0 bridgehead atoms. The van der Waals surface area contributed by atoms with E-state index in [9.17, 15) is 14.4 Å². The van der Waals surface area contributed by atoms with Crippen LogP contribution in [0.3, 0.4) is 0 Å². The SMILES string of the molecule is COc1cccc(-c2ccc(C(NC(=O)[C@@H](CC(=O)NO)CC(C)C)C(=O)NC3Cc4ccccc4C3)cc2)c1. The first-order chi connectivity index (χ1) is 19.3. The molecule has 8 nitrogen and oxygen atoms in total. The van der Waals surface area contributed by atoms with E-state index in [1.54, 1.807) is 12.6 Å². The molecule has 0 aromatic heterocycles. The highest BCUT2D eigenvalue weighted by Gasteiger charge is 2.31. The molecule has 0 saturated heterocycles. The molecule has 1 aliphatic carbocycles. The Morgan fingerprint density at radius 2 is 1.57 bits per heavy atom. The normalized spacial score (nSPS) is 14.2. The van der Waals surface area contributed by atoms with Crippen molar-refractivity contribution >= 4 is 17.7 Å². The molecular weight excluding hydrogens is 506 g/mol. The van der Waals surface area contributed by atoms with Crippen LogP contribution in [0.2, 0.25) is 0 Å². The largest absolute Gasteiger partial charge is 0.497 e. The zero-order valence-electron chi connectivity index (χ0n) is 23.1. The molecule has 8 heteroatoms. The Morgan fingerprint density at radius 3 is 2.17 bits per heavy atom. The molecule has 0 spiro atoms. The van der Waals surface area contributed by atoms with Crippen molar-refractivity contribution in [3.63, 3.8) is 0 Å². The van der Waals surface area contributed by atoms with Gasteiger partial charge < -0.3 is 15.4 Å². The Bertz CT molecular complexity index is 1310. The van der Waals surface area contributed by atoms with E-state index in [2.05, 4.69) is 22.8 Å². The molecule has 1 unspecified atom stereocenters. The average molecular weight is 544 g/mol. The van der Waals surface area contributed by atoms with Crippen LogP contribution >= 0.6 is 0 Å². The number of fused-ring (bicyclic) bond motifs is 1. The van der Waals surface area contributed by atoms with Crippen LogP contribution in [0.1, 0.15) is 49.4 Å². The minimum atomic E-state index is -0.956. The zero-order valence-corrected chi connectivity index (χ0v) is 23.1. The highest BCUT2D eigenvalue weighted by molar-refractivity contribution is 5.91. The van der Waals surface area contributed by atoms with Gasteiger partial charge in [-0.15, -0.1) is 0 Å². The van der Waals surface area contributed by atoms with Gasteiger partial charge in [0.25, 0.3) is 0 Å². The van der Waals surface area contributed by atoms with Gasteiger partial charge in [-0.25, -0.2) is 5.48 Å². The van der Waals surface area contributed by atoms with Gasteiger partial charge in [-0.1, -0.05) is 74.5 Å². The van der Waals surface area contributed by atoms with Gasteiger partial charge in [0.2, 0.25) is 17.7 Å². The highest BCUT2D eigenvalue weighted by Crippen LogP contribution is 2.27. The molecule has 210 valence electrons. The first kappa shape index (κ1) is 28.8. The van der Waals surface area contributed by atoms with Gasteiger partial charge in [0.15, 0.2) is 0 Å². The fraction of sp³-hybridized carbons (Fsp3) is 0.344. The molecule has 4 N–H and O–H groups in total. The number of rotatable bonds is 11. The van der Waals surface area contributed by atoms with E-state index in [1.807, 2.05) is 74.5 Å². The fourth-order valence-corrected chi connectivity index (χ4v) is 5.30. The maximum atomic E-state index is 13.7. The summed E-state index contributed by atoms with van der Waals surface area (Å²) in [6.45, 7) is 3.91. The second kappa shape index (κ2) is 13.3. The molecule has 0 heterocycles. The van der Waals surface area contributed by atoms with Crippen molar-refractivity contribution in [2.75, 3.05) is 7.11 Å². The minimum Gasteiger partial charge on any atom is -0.497 e. The predicted octanol–water partition coefficient (Wildman–Crippen LogP) is 4.36. The van der Waals surface area contributed by atoms with E-state index in [-0.39, 0.29) is 24.3 Å². The number of hydrogen-bond donors (Lipinski definition) is 4. The maximum absolute atomic E-state index is 13.7. The lowest BCUT2D eigenvalue weighted by Gasteiger charge is -2.25. The molecular formula is C32H37N3O5. The minimum absolute atomic E-state index is 0.0769. The predicted molar refractivity (Wildman–Crippen MR) is 153 cm³/mol. The second-order valence-corrected chi connectivity index (χ2v) is 10.7. The van der Waals surface area contributed by atoms with Crippen molar-refractivity contribution in [2.45, 2.75) is 51.6 Å². The molecule has 0 saturated carbocycles. The number of hydrogen-bond acceptors (Lipinski definition) is 5. The molecule has 1 aliphatic rings. The zero-order chi connectivity index (χ0) is 28.6. The first-order valence-corrected chi connectivity index (χ1v) is 13.6. The van der Waals surface area contributed by atoms with Crippen molar-refractivity contribution < 1.29 is 24.3 Å². The van der Waals surface area contributed by atoms with Crippen LogP contribution in [0.25, 0.3) is 11.1 Å². The third kappa shape index (κ3) is 7.27. The fourth-order valence-electron chi connectivity index (χ4n) is 5.30. The molecule has 0 radical (unpaired) electrons. The van der Waals surface area contributed by atoms with Crippen LogP contribution < -0.4 is 20.9 Å². The van der Waals surface area contributed by atoms with Crippen molar-refractivity contribution in [1.82, 2.24) is 16.1 Å². The van der Waals surface area contributed by atoms with Crippen LogP contribution in [0.4, 0.5) is 0 Å². The quantitative estimate of drug-likeness (QED) is 0.212. The molecule has 3 aromatic rings. The summed E-state index contributed by atoms with van der Waals surface area (Å²) in [7, 11) is 1.62. The number of hydroxylamine groups is 1. The second-order valence-electron chi connectivity index (χ2n) is 10.7. The van der Waals surface area contributed by atoms with Gasteiger partial charge in [-0.05, 0) is 65.1 Å². The number of amides is 3. The monoisotopic (exact) mass is 543 g/mol. The van der Waals surface area contributed by atoms with E-state index in [1.165, 1.54) is 11.1 Å². The van der Waals surface area contributed by atoms with Crippen LogP contribution in [0.15, 0.2) is 72.8 Å². The molecule has 40 heavy (non-hydrogen) atoms. The van der Waals surface area contributed by atoms with Gasteiger partial charge in [-0.2, -0.15) is 0 Å². The summed E-state index contributed by atoms with van der Waals surface area (Å²) in [6.07, 6.45) is 1.70. The molecule has 2 atom stereocenters. The summed E-state index contributed by atoms with van der Waals surface area (Å²) in [5.74, 6) is -1.19. The van der Waals surface area contributed by atoms with Gasteiger partial charge in [0.05, 0.1) is 7.11 Å². The lowest BCUT2D eigenvalue weighted by Crippen LogP contribution is -2.46. The number of nitrogens with one attached hydrogen (secondary N) is 3. The van der Waals surface area contributed by atoms with Crippen LogP contribution in [-0.2, 0) is 27.2 Å². The summed E-state index contributed by atoms with van der Waals surface area (Å²) in [6, 6.07) is 22.3. The maximum Gasteiger partial charge on any atom is 0.247 e. The standard InChI is InChI=1S/C32H37N3O5/c1-20(2)15-26(19-29(36)35-39)31(37)34-30(32(38)33-27-16-23-7-4-5-8-24(23)17-27)22-13-11-21(12-14-22)25-9-6-10-28(18-25)40-3/h4-14,18,20,26-27,30,39H,15-17,19H2,1-3H3,(H,33,38)(H,34,37)(H,35,36)/t26-,30?/m1/s1. The van der Waals surface area contributed by atoms with Crippen LogP contribution in [-0.4, -0.2) is 36.1 Å². The van der Waals surface area contributed by atoms with Crippen LogP contribution in [0.5, 0.6) is 5.75 Å². The van der Waals surface area contributed by atoms with Crippen molar-refractivity contribution in [3.8, 4) is 16.9 Å². The third-order valence-electron chi connectivity index (χ3n) is 7.28. The van der Waals surface area contributed by atoms with Crippen molar-refractivity contribution in [3.05, 3.63) is 89.5 Å². The Hall–Kier alpha value is -4.17. The summed E-state index contributed by atoms with van der Waals surface area (Å²) in [5, 5.41) is 15.1. The Labute approximate surface area is 235 Å². The van der Waals surface area contributed by atoms with Crippen molar-refractivity contribution in [1.29, 1.82) is 0 Å². The molecule has 3 amide bonds. The van der Waals surface area contributed by atoms with E-state index in [0.717, 1.165) is 29.7 Å². The molecule has 0 aliphatic heterocycles. The lowest BCUT2D eigenvalue weighted by molar-refractivity contribution is -0.136. The van der Waals surface area contributed by atoms with Crippen molar-refractivity contribution in [2.24, 2.45) is 11.8 Å². The Morgan fingerprint density at radius 1 is 0.900 bits per heavy atom. The third-order valence-corrected chi connectivity index (χ3v) is 7.28. The smallest absolute Gasteiger partial charge is 0.247 e. The molecule has 0 fully saturated rings. The van der Waals surface area contributed by atoms with E-state index >= 15 is 0 Å². The molecule has 3 aromatic carbocycles. The van der Waals surface area contributed by atoms with E-state index < -0.39 is 23.8 Å². The number of benzene rings is 3. The first-order valence-electron chi connectivity index (χ1n) is 13.6. The summed E-state index contributed by atoms with van der Waals surface area (Å²) in [4.78, 5) is 39.0. The molecule has 4 rings (SSSR count).